The van der Waals surface area contributed by atoms with Gasteiger partial charge in [0.15, 0.2) is 0 Å². The number of carbonyl (C=O) groups is 1. The molecule has 0 amide bonds. The van der Waals surface area contributed by atoms with Gasteiger partial charge >= 0.3 is 5.97 Å². The smallest absolute Gasteiger partial charge is 0.339 e. The van der Waals surface area contributed by atoms with Crippen molar-refractivity contribution in [3.05, 3.63) is 65.9 Å². The van der Waals surface area contributed by atoms with Crippen molar-refractivity contribution in [3.63, 3.8) is 0 Å². The van der Waals surface area contributed by atoms with Crippen LogP contribution < -0.4 is 4.74 Å². The Kier molecular flexibility index (Phi) is 6.95. The topological polar surface area (TPSA) is 38.8 Å². The van der Waals surface area contributed by atoms with E-state index in [1.54, 1.807) is 25.1 Å². The lowest BCUT2D eigenvalue weighted by Gasteiger charge is -2.14. The third kappa shape index (κ3) is 5.29. The lowest BCUT2D eigenvalue weighted by molar-refractivity contribution is -0.133. The summed E-state index contributed by atoms with van der Waals surface area (Å²) in [5.74, 6) is 1.28. The Morgan fingerprint density at radius 2 is 1.88 bits per heavy atom. The number of methoxy groups -OCH3 is 2. The molecule has 0 atom stereocenters. The largest absolute Gasteiger partial charge is 0.497 e. The highest BCUT2D eigenvalue weighted by molar-refractivity contribution is 7.98. The Morgan fingerprint density at radius 1 is 1.12 bits per heavy atom. The van der Waals surface area contributed by atoms with Gasteiger partial charge in [0, 0.05) is 36.5 Å². The predicted molar refractivity (Wildman–Crippen MR) is 103 cm³/mol. The number of hydrogen-bond acceptors (Lipinski definition) is 5. The molecule has 0 spiro atoms. The molecule has 0 aliphatic heterocycles. The number of esters is 1. The second kappa shape index (κ2) is 9.18. The molecule has 25 heavy (non-hydrogen) atoms. The zero-order valence-electron chi connectivity index (χ0n) is 15.0. The van der Waals surface area contributed by atoms with Gasteiger partial charge in [-0.2, -0.15) is 0 Å². The van der Waals surface area contributed by atoms with Gasteiger partial charge < -0.3 is 14.4 Å². The predicted octanol–water partition coefficient (Wildman–Crippen LogP) is 4.06. The zero-order chi connectivity index (χ0) is 18.2. The van der Waals surface area contributed by atoms with Crippen molar-refractivity contribution >= 4 is 23.3 Å². The molecule has 132 valence electrons. The highest BCUT2D eigenvalue weighted by Gasteiger charge is 2.16. The van der Waals surface area contributed by atoms with E-state index in [0.29, 0.717) is 5.57 Å². The first kappa shape index (κ1) is 18.9. The molecule has 0 heterocycles. The van der Waals surface area contributed by atoms with Crippen LogP contribution in [0.1, 0.15) is 11.1 Å². The molecule has 0 aliphatic carbocycles. The number of ether oxygens (including phenoxy) is 2. The van der Waals surface area contributed by atoms with Crippen molar-refractivity contribution in [3.8, 4) is 5.75 Å². The molecule has 0 unspecified atom stereocenters. The second-order valence-corrected chi connectivity index (χ2v) is 6.65. The molecule has 5 heteroatoms. The highest BCUT2D eigenvalue weighted by atomic mass is 32.2. The maximum absolute atomic E-state index is 12.2. The monoisotopic (exact) mass is 357 g/mol. The summed E-state index contributed by atoms with van der Waals surface area (Å²) in [6.07, 6.45) is 1.79. The standard InChI is InChI=1S/C20H23NO3S/c1-21(2)13-18(20(22)24-4)17-10-5-6-11-19(17)25-14-15-8-7-9-16(12-15)23-3/h5-13H,14H2,1-4H3/b18-13+. The van der Waals surface area contributed by atoms with Crippen LogP contribution in [0.3, 0.4) is 0 Å². The lowest BCUT2D eigenvalue weighted by atomic mass is 10.1. The number of thioether (sulfide) groups is 1. The lowest BCUT2D eigenvalue weighted by Crippen LogP contribution is -2.10. The van der Waals surface area contributed by atoms with Crippen LogP contribution in [0.5, 0.6) is 5.75 Å². The summed E-state index contributed by atoms with van der Waals surface area (Å²) in [5.41, 5.74) is 2.58. The van der Waals surface area contributed by atoms with E-state index in [-0.39, 0.29) is 5.97 Å². The average Bonchev–Trinajstić information content (AvgIpc) is 2.64. The molecule has 0 N–H and O–H groups in total. The van der Waals surface area contributed by atoms with Crippen LogP contribution >= 0.6 is 11.8 Å². The van der Waals surface area contributed by atoms with Gasteiger partial charge in [-0.1, -0.05) is 30.3 Å². The van der Waals surface area contributed by atoms with Crippen molar-refractivity contribution in [2.75, 3.05) is 28.3 Å². The fourth-order valence-corrected chi connectivity index (χ4v) is 3.35. The fourth-order valence-electron chi connectivity index (χ4n) is 2.34. The van der Waals surface area contributed by atoms with Crippen LogP contribution in [0.2, 0.25) is 0 Å². The average molecular weight is 357 g/mol. The molecule has 0 bridgehead atoms. The minimum absolute atomic E-state index is 0.344. The molecular formula is C20H23NO3S. The number of nitrogens with zero attached hydrogens (tertiary/aromatic N) is 1. The SMILES string of the molecule is COC(=O)/C(=C/N(C)C)c1ccccc1SCc1cccc(OC)c1. The van der Waals surface area contributed by atoms with E-state index in [1.165, 1.54) is 7.11 Å². The van der Waals surface area contributed by atoms with Crippen molar-refractivity contribution in [2.24, 2.45) is 0 Å². The van der Waals surface area contributed by atoms with Crippen molar-refractivity contribution in [1.82, 2.24) is 4.90 Å². The molecule has 2 rings (SSSR count). The van der Waals surface area contributed by atoms with Crippen LogP contribution in [0.25, 0.3) is 5.57 Å². The first-order chi connectivity index (χ1) is 12.0. The third-order valence-corrected chi connectivity index (χ3v) is 4.64. The fraction of sp³-hybridized carbons (Fsp3) is 0.250. The minimum atomic E-state index is -0.344. The summed E-state index contributed by atoms with van der Waals surface area (Å²) in [7, 11) is 6.83. The maximum Gasteiger partial charge on any atom is 0.339 e. The number of hydrogen-bond donors (Lipinski definition) is 0. The van der Waals surface area contributed by atoms with Gasteiger partial charge in [0.05, 0.1) is 19.8 Å². The first-order valence-electron chi connectivity index (χ1n) is 7.87. The van der Waals surface area contributed by atoms with Gasteiger partial charge in [0.2, 0.25) is 0 Å². The third-order valence-electron chi connectivity index (χ3n) is 3.50. The van der Waals surface area contributed by atoms with Crippen LogP contribution in [0, 0.1) is 0 Å². The minimum Gasteiger partial charge on any atom is -0.497 e. The molecule has 0 aromatic heterocycles. The van der Waals surface area contributed by atoms with Gasteiger partial charge in [-0.05, 0) is 23.8 Å². The summed E-state index contributed by atoms with van der Waals surface area (Å²) in [6, 6.07) is 15.9. The molecular weight excluding hydrogens is 334 g/mol. The summed E-state index contributed by atoms with van der Waals surface area (Å²) >= 11 is 1.68. The van der Waals surface area contributed by atoms with E-state index in [4.69, 9.17) is 9.47 Å². The molecule has 4 nitrogen and oxygen atoms in total. The summed E-state index contributed by atoms with van der Waals surface area (Å²) in [5, 5.41) is 0. The molecule has 0 radical (unpaired) electrons. The summed E-state index contributed by atoms with van der Waals surface area (Å²) < 4.78 is 10.2. The first-order valence-corrected chi connectivity index (χ1v) is 8.85. The van der Waals surface area contributed by atoms with Crippen LogP contribution in [0.15, 0.2) is 59.6 Å². The normalized spacial score (nSPS) is 11.1. The van der Waals surface area contributed by atoms with Crippen molar-refractivity contribution < 1.29 is 14.3 Å². The van der Waals surface area contributed by atoms with Crippen LogP contribution in [0.4, 0.5) is 0 Å². The molecule has 2 aromatic carbocycles. The molecule has 0 fully saturated rings. The van der Waals surface area contributed by atoms with E-state index < -0.39 is 0 Å². The van der Waals surface area contributed by atoms with E-state index >= 15 is 0 Å². The van der Waals surface area contributed by atoms with Gasteiger partial charge in [0.25, 0.3) is 0 Å². The molecule has 0 saturated heterocycles. The Balaban J connectivity index is 2.28. The van der Waals surface area contributed by atoms with Gasteiger partial charge in [-0.15, -0.1) is 11.8 Å². The number of carbonyl (C=O) groups excluding carboxylic acids is 1. The summed E-state index contributed by atoms with van der Waals surface area (Å²) in [6.45, 7) is 0. The van der Waals surface area contributed by atoms with Crippen molar-refractivity contribution in [2.45, 2.75) is 10.6 Å². The van der Waals surface area contributed by atoms with E-state index in [9.17, 15) is 4.79 Å². The van der Waals surface area contributed by atoms with Gasteiger partial charge in [0.1, 0.15) is 5.75 Å². The van der Waals surface area contributed by atoms with E-state index in [0.717, 1.165) is 27.5 Å². The van der Waals surface area contributed by atoms with Gasteiger partial charge in [-0.3, -0.25) is 0 Å². The van der Waals surface area contributed by atoms with Crippen molar-refractivity contribution in [1.29, 1.82) is 0 Å². The Bertz CT molecular complexity index is 756. The Hall–Kier alpha value is -2.40. The summed E-state index contributed by atoms with van der Waals surface area (Å²) in [4.78, 5) is 15.1. The Morgan fingerprint density at radius 3 is 2.56 bits per heavy atom. The Labute approximate surface area is 153 Å². The zero-order valence-corrected chi connectivity index (χ0v) is 15.8. The highest BCUT2D eigenvalue weighted by Crippen LogP contribution is 2.32. The van der Waals surface area contributed by atoms with Crippen LogP contribution in [-0.4, -0.2) is 39.2 Å². The van der Waals surface area contributed by atoms with Gasteiger partial charge in [-0.25, -0.2) is 4.79 Å². The molecule has 0 aliphatic rings. The van der Waals surface area contributed by atoms with Crippen LogP contribution in [-0.2, 0) is 15.3 Å². The number of benzene rings is 2. The van der Waals surface area contributed by atoms with E-state index in [1.807, 2.05) is 61.5 Å². The molecule has 0 saturated carbocycles. The second-order valence-electron chi connectivity index (χ2n) is 5.63. The van der Waals surface area contributed by atoms with E-state index in [2.05, 4.69) is 6.07 Å². The number of rotatable bonds is 7. The quantitative estimate of drug-likeness (QED) is 0.424. The molecule has 2 aromatic rings. The maximum atomic E-state index is 12.2.